The van der Waals surface area contributed by atoms with E-state index in [0.29, 0.717) is 17.8 Å². The molecule has 2 aliphatic carbocycles. The van der Waals surface area contributed by atoms with E-state index in [9.17, 15) is 9.18 Å². The second-order valence-corrected chi connectivity index (χ2v) is 6.75. The maximum Gasteiger partial charge on any atom is 0.321 e. The number of rotatable bonds is 6. The maximum atomic E-state index is 13.8. The van der Waals surface area contributed by atoms with Crippen LogP contribution in [0, 0.1) is 23.6 Å². The van der Waals surface area contributed by atoms with Crippen molar-refractivity contribution in [3.05, 3.63) is 42.2 Å². The van der Waals surface area contributed by atoms with Gasteiger partial charge < -0.3 is 10.2 Å². The lowest BCUT2D eigenvalue weighted by Crippen LogP contribution is -2.40. The van der Waals surface area contributed by atoms with Crippen LogP contribution in [0.4, 0.5) is 14.9 Å². The van der Waals surface area contributed by atoms with Crippen LogP contribution in [0.3, 0.4) is 0 Å². The zero-order chi connectivity index (χ0) is 16.2. The predicted octanol–water partition coefficient (Wildman–Crippen LogP) is 4.67. The normalized spacial score (nSPS) is 24.9. The third kappa shape index (κ3) is 3.74. The molecule has 1 fully saturated rings. The third-order valence-electron chi connectivity index (χ3n) is 5.06. The first-order chi connectivity index (χ1) is 11.2. The molecule has 1 N–H and O–H groups in total. The van der Waals surface area contributed by atoms with Crippen molar-refractivity contribution in [1.82, 2.24) is 4.90 Å². The smallest absolute Gasteiger partial charge is 0.321 e. The maximum absolute atomic E-state index is 13.8. The summed E-state index contributed by atoms with van der Waals surface area (Å²) >= 11 is 0. The van der Waals surface area contributed by atoms with E-state index in [1.165, 1.54) is 18.9 Å². The molecule has 2 amide bonds. The van der Waals surface area contributed by atoms with Crippen molar-refractivity contribution < 1.29 is 9.18 Å². The van der Waals surface area contributed by atoms with Crippen LogP contribution >= 0.6 is 0 Å². The number of unbranched alkanes of at least 4 members (excludes halogenated alkanes) is 1. The molecule has 1 aromatic rings. The number of nitrogens with zero attached hydrogens (tertiary/aromatic N) is 1. The van der Waals surface area contributed by atoms with Gasteiger partial charge in [-0.25, -0.2) is 9.18 Å². The van der Waals surface area contributed by atoms with Crippen LogP contribution in [0.1, 0.15) is 32.6 Å². The molecule has 3 rings (SSSR count). The van der Waals surface area contributed by atoms with Crippen molar-refractivity contribution in [3.8, 4) is 0 Å². The van der Waals surface area contributed by atoms with Gasteiger partial charge in [-0.2, -0.15) is 0 Å². The molecule has 0 heterocycles. The number of nitrogens with one attached hydrogen (secondary N) is 1. The summed E-state index contributed by atoms with van der Waals surface area (Å²) < 4.78 is 13.8. The highest BCUT2D eigenvalue weighted by molar-refractivity contribution is 5.89. The Hall–Kier alpha value is -1.84. The second-order valence-electron chi connectivity index (χ2n) is 6.75. The minimum atomic E-state index is -0.390. The van der Waals surface area contributed by atoms with Crippen LogP contribution in [-0.4, -0.2) is 24.0 Å². The first-order valence-corrected chi connectivity index (χ1v) is 8.66. The van der Waals surface area contributed by atoms with Gasteiger partial charge >= 0.3 is 6.03 Å². The van der Waals surface area contributed by atoms with Crippen LogP contribution in [0.2, 0.25) is 0 Å². The van der Waals surface area contributed by atoms with Gasteiger partial charge in [0.15, 0.2) is 0 Å². The Morgan fingerprint density at radius 2 is 2.13 bits per heavy atom. The fourth-order valence-corrected chi connectivity index (χ4v) is 3.77. The molecular formula is C19H25FN2O. The Morgan fingerprint density at radius 3 is 2.78 bits per heavy atom. The van der Waals surface area contributed by atoms with Crippen molar-refractivity contribution in [3.63, 3.8) is 0 Å². The lowest BCUT2D eigenvalue weighted by atomic mass is 9.93. The second kappa shape index (κ2) is 7.16. The van der Waals surface area contributed by atoms with Gasteiger partial charge in [-0.15, -0.1) is 0 Å². The summed E-state index contributed by atoms with van der Waals surface area (Å²) in [5.74, 6) is 1.48. The molecule has 0 spiro atoms. The van der Waals surface area contributed by atoms with Gasteiger partial charge in [-0.05, 0) is 49.1 Å². The molecule has 4 heteroatoms. The van der Waals surface area contributed by atoms with E-state index in [4.69, 9.17) is 0 Å². The molecule has 3 atom stereocenters. The van der Waals surface area contributed by atoms with Crippen molar-refractivity contribution in [2.24, 2.45) is 17.8 Å². The summed E-state index contributed by atoms with van der Waals surface area (Å²) in [5.41, 5.74) is 0.256. The van der Waals surface area contributed by atoms with Gasteiger partial charge in [-0.1, -0.05) is 37.6 Å². The average molecular weight is 316 g/mol. The molecule has 23 heavy (non-hydrogen) atoms. The number of fused-ring (bicyclic) bond motifs is 2. The van der Waals surface area contributed by atoms with Crippen molar-refractivity contribution in [1.29, 1.82) is 0 Å². The molecular weight excluding hydrogens is 291 g/mol. The van der Waals surface area contributed by atoms with E-state index in [1.54, 1.807) is 18.2 Å². The third-order valence-corrected chi connectivity index (χ3v) is 5.06. The van der Waals surface area contributed by atoms with Crippen LogP contribution in [0.5, 0.6) is 0 Å². The molecule has 124 valence electrons. The molecule has 1 saturated carbocycles. The van der Waals surface area contributed by atoms with Gasteiger partial charge in [0.2, 0.25) is 0 Å². The zero-order valence-electron chi connectivity index (χ0n) is 13.7. The molecule has 0 radical (unpaired) electrons. The SMILES string of the molecule is CCCCN(CC1CC2C=CC1C2)C(=O)Nc1ccccc1F. The topological polar surface area (TPSA) is 32.3 Å². The van der Waals surface area contributed by atoms with Gasteiger partial charge in [0.1, 0.15) is 5.82 Å². The predicted molar refractivity (Wildman–Crippen MR) is 90.7 cm³/mol. The number of allylic oxidation sites excluding steroid dienone is 2. The number of halogens is 1. The Morgan fingerprint density at radius 1 is 1.30 bits per heavy atom. The molecule has 1 aromatic carbocycles. The number of amides is 2. The molecule has 0 aromatic heterocycles. The zero-order valence-corrected chi connectivity index (χ0v) is 13.7. The van der Waals surface area contributed by atoms with Gasteiger partial charge in [0.05, 0.1) is 5.69 Å². The summed E-state index contributed by atoms with van der Waals surface area (Å²) in [7, 11) is 0. The summed E-state index contributed by atoms with van der Waals surface area (Å²) in [6.07, 6.45) is 9.06. The molecule has 3 unspecified atom stereocenters. The number of carbonyl (C=O) groups is 1. The van der Waals surface area contributed by atoms with Gasteiger partial charge in [0, 0.05) is 13.1 Å². The Labute approximate surface area is 137 Å². The molecule has 0 saturated heterocycles. The summed E-state index contributed by atoms with van der Waals surface area (Å²) in [6.45, 7) is 3.62. The lowest BCUT2D eigenvalue weighted by molar-refractivity contribution is 0.194. The highest BCUT2D eigenvalue weighted by Crippen LogP contribution is 2.43. The number of para-hydroxylation sites is 1. The van der Waals surface area contributed by atoms with E-state index in [2.05, 4.69) is 24.4 Å². The summed E-state index contributed by atoms with van der Waals surface area (Å²) in [4.78, 5) is 14.5. The minimum absolute atomic E-state index is 0.185. The van der Waals surface area contributed by atoms with Crippen LogP contribution in [0.25, 0.3) is 0 Å². The Bertz CT molecular complexity index is 586. The molecule has 0 aliphatic heterocycles. The van der Waals surface area contributed by atoms with E-state index in [1.807, 2.05) is 4.90 Å². The quantitative estimate of drug-likeness (QED) is 0.760. The van der Waals surface area contributed by atoms with E-state index >= 15 is 0 Å². The van der Waals surface area contributed by atoms with Crippen molar-refractivity contribution in [2.75, 3.05) is 18.4 Å². The van der Waals surface area contributed by atoms with E-state index in [0.717, 1.165) is 25.9 Å². The molecule has 2 aliphatic rings. The van der Waals surface area contributed by atoms with Crippen molar-refractivity contribution in [2.45, 2.75) is 32.6 Å². The number of anilines is 1. The van der Waals surface area contributed by atoms with Gasteiger partial charge in [-0.3, -0.25) is 0 Å². The standard InChI is InChI=1S/C19H25FN2O/c1-2-3-10-22(13-16-12-14-8-9-15(16)11-14)19(23)21-18-7-5-4-6-17(18)20/h4-9,14-16H,2-3,10-13H2,1H3,(H,21,23). The van der Waals surface area contributed by atoms with Crippen LogP contribution < -0.4 is 5.32 Å². The highest BCUT2D eigenvalue weighted by Gasteiger charge is 2.37. The summed E-state index contributed by atoms with van der Waals surface area (Å²) in [6, 6.07) is 6.14. The number of urea groups is 1. The van der Waals surface area contributed by atoms with E-state index in [-0.39, 0.29) is 17.5 Å². The fraction of sp³-hybridized carbons (Fsp3) is 0.526. The average Bonchev–Trinajstić information content (AvgIpc) is 3.16. The largest absolute Gasteiger partial charge is 0.324 e. The fourth-order valence-electron chi connectivity index (χ4n) is 3.77. The first kappa shape index (κ1) is 16.0. The van der Waals surface area contributed by atoms with E-state index < -0.39 is 0 Å². The number of hydrogen-bond acceptors (Lipinski definition) is 1. The number of carbonyl (C=O) groups excluding carboxylic acids is 1. The summed E-state index contributed by atoms with van der Waals surface area (Å²) in [5, 5.41) is 2.73. The first-order valence-electron chi connectivity index (χ1n) is 8.66. The van der Waals surface area contributed by atoms with Crippen LogP contribution in [-0.2, 0) is 0 Å². The number of benzene rings is 1. The number of hydrogen-bond donors (Lipinski definition) is 1. The minimum Gasteiger partial charge on any atom is -0.324 e. The molecule has 2 bridgehead atoms. The monoisotopic (exact) mass is 316 g/mol. The van der Waals surface area contributed by atoms with Crippen LogP contribution in [0.15, 0.2) is 36.4 Å². The molecule has 3 nitrogen and oxygen atoms in total. The highest BCUT2D eigenvalue weighted by atomic mass is 19.1. The lowest BCUT2D eigenvalue weighted by Gasteiger charge is -2.29. The van der Waals surface area contributed by atoms with Gasteiger partial charge in [0.25, 0.3) is 0 Å². The Kier molecular flexibility index (Phi) is 4.99. The Balaban J connectivity index is 1.64. The van der Waals surface area contributed by atoms with Crippen molar-refractivity contribution >= 4 is 11.7 Å².